The smallest absolute Gasteiger partial charge is 0.299 e. The van der Waals surface area contributed by atoms with Crippen LogP contribution in [-0.4, -0.2) is 14.9 Å². The van der Waals surface area contributed by atoms with E-state index in [4.69, 9.17) is 18.1 Å². The van der Waals surface area contributed by atoms with Crippen LogP contribution in [0.3, 0.4) is 0 Å². The first-order chi connectivity index (χ1) is 9.52. The number of H-pyrrole nitrogens is 1. The Morgan fingerprint density at radius 1 is 1.30 bits per heavy atom. The Morgan fingerprint density at radius 2 is 1.95 bits per heavy atom. The fraction of sp³-hybridized carbons (Fsp3) is 0.167. The molecule has 0 aliphatic heterocycles. The molecule has 104 valence electrons. The number of thiocarbonyl (C=S) groups is 1. The number of hydrazine groups is 1. The van der Waals surface area contributed by atoms with Gasteiger partial charge in [0, 0.05) is 0 Å². The average Bonchev–Trinajstić information content (AvgIpc) is 2.73. The van der Waals surface area contributed by atoms with Gasteiger partial charge in [-0.25, -0.2) is 5.84 Å². The SMILES string of the molecule is Cc1ccc(N=Nc2c(C)[nH]n(C(=S)NN)c2=O)cc1. The van der Waals surface area contributed by atoms with E-state index in [1.54, 1.807) is 6.92 Å². The quantitative estimate of drug-likeness (QED) is 0.340. The molecule has 1 aromatic carbocycles. The maximum absolute atomic E-state index is 12.1. The highest BCUT2D eigenvalue weighted by atomic mass is 32.1. The molecule has 0 bridgehead atoms. The Labute approximate surface area is 120 Å². The molecule has 0 radical (unpaired) electrons. The summed E-state index contributed by atoms with van der Waals surface area (Å²) in [5.74, 6) is 5.19. The number of rotatable bonds is 2. The molecular formula is C12H14N6OS. The lowest BCUT2D eigenvalue weighted by molar-refractivity contribution is 0.840. The van der Waals surface area contributed by atoms with E-state index in [2.05, 4.69) is 20.8 Å². The third kappa shape index (κ3) is 2.81. The zero-order chi connectivity index (χ0) is 14.7. The third-order valence-electron chi connectivity index (χ3n) is 2.67. The van der Waals surface area contributed by atoms with Crippen molar-refractivity contribution in [1.29, 1.82) is 0 Å². The van der Waals surface area contributed by atoms with Crippen molar-refractivity contribution in [2.75, 3.05) is 0 Å². The number of benzene rings is 1. The predicted molar refractivity (Wildman–Crippen MR) is 80.5 cm³/mol. The first-order valence-electron chi connectivity index (χ1n) is 5.84. The number of nitrogens with zero attached hydrogens (tertiary/aromatic N) is 3. The van der Waals surface area contributed by atoms with Gasteiger partial charge in [0.25, 0.3) is 0 Å². The van der Waals surface area contributed by atoms with Gasteiger partial charge in [0.2, 0.25) is 5.11 Å². The zero-order valence-electron chi connectivity index (χ0n) is 11.0. The summed E-state index contributed by atoms with van der Waals surface area (Å²) in [6, 6.07) is 7.49. The van der Waals surface area contributed by atoms with E-state index in [9.17, 15) is 4.79 Å². The number of nitrogens with two attached hydrogens (primary N) is 1. The molecule has 8 heteroatoms. The van der Waals surface area contributed by atoms with Crippen LogP contribution in [0.1, 0.15) is 11.3 Å². The fourth-order valence-electron chi connectivity index (χ4n) is 1.58. The number of hydrogen-bond acceptors (Lipinski definition) is 5. The van der Waals surface area contributed by atoms with Crippen molar-refractivity contribution >= 4 is 28.7 Å². The molecule has 1 aromatic heterocycles. The molecule has 0 amide bonds. The maximum atomic E-state index is 12.1. The summed E-state index contributed by atoms with van der Waals surface area (Å²) in [5, 5.41) is 10.8. The van der Waals surface area contributed by atoms with Crippen molar-refractivity contribution in [3.63, 3.8) is 0 Å². The Kier molecular flexibility index (Phi) is 4.06. The molecule has 0 saturated carbocycles. The summed E-state index contributed by atoms with van der Waals surface area (Å²) in [6.07, 6.45) is 0. The van der Waals surface area contributed by atoms with Crippen LogP contribution in [0.25, 0.3) is 0 Å². The Hall–Kier alpha value is -2.32. The summed E-state index contributed by atoms with van der Waals surface area (Å²) < 4.78 is 1.11. The van der Waals surface area contributed by atoms with Gasteiger partial charge in [-0.15, -0.1) is 5.11 Å². The summed E-state index contributed by atoms with van der Waals surface area (Å²) in [5.41, 5.74) is 4.38. The van der Waals surface area contributed by atoms with E-state index < -0.39 is 5.56 Å². The second-order valence-electron chi connectivity index (χ2n) is 4.21. The number of hydrogen-bond donors (Lipinski definition) is 3. The van der Waals surface area contributed by atoms with E-state index >= 15 is 0 Å². The number of aromatic nitrogens is 2. The van der Waals surface area contributed by atoms with Crippen LogP contribution < -0.4 is 16.8 Å². The Bertz CT molecular complexity index is 713. The molecule has 20 heavy (non-hydrogen) atoms. The molecule has 4 N–H and O–H groups in total. The van der Waals surface area contributed by atoms with Crippen molar-refractivity contribution in [2.24, 2.45) is 16.1 Å². The van der Waals surface area contributed by atoms with Crippen molar-refractivity contribution in [3.05, 3.63) is 45.9 Å². The molecule has 0 saturated heterocycles. The van der Waals surface area contributed by atoms with E-state index in [-0.39, 0.29) is 10.8 Å². The zero-order valence-corrected chi connectivity index (χ0v) is 11.9. The number of nitrogens with one attached hydrogen (secondary N) is 2. The van der Waals surface area contributed by atoms with Gasteiger partial charge in [0.05, 0.1) is 11.4 Å². The lowest BCUT2D eigenvalue weighted by Crippen LogP contribution is -2.39. The Morgan fingerprint density at radius 3 is 2.55 bits per heavy atom. The van der Waals surface area contributed by atoms with Gasteiger partial charge in [-0.3, -0.25) is 15.3 Å². The van der Waals surface area contributed by atoms with E-state index in [0.29, 0.717) is 11.4 Å². The van der Waals surface area contributed by atoms with Crippen LogP contribution >= 0.6 is 12.2 Å². The van der Waals surface area contributed by atoms with Gasteiger partial charge in [-0.1, -0.05) is 17.7 Å². The molecular weight excluding hydrogens is 276 g/mol. The van der Waals surface area contributed by atoms with Crippen molar-refractivity contribution in [1.82, 2.24) is 15.2 Å². The highest BCUT2D eigenvalue weighted by Gasteiger charge is 2.12. The minimum atomic E-state index is -0.402. The lowest BCUT2D eigenvalue weighted by Gasteiger charge is -1.99. The third-order valence-corrected chi connectivity index (χ3v) is 2.97. The van der Waals surface area contributed by atoms with Gasteiger partial charge in [-0.2, -0.15) is 9.80 Å². The minimum Gasteiger partial charge on any atom is -0.299 e. The molecule has 0 unspecified atom stereocenters. The highest BCUT2D eigenvalue weighted by Crippen LogP contribution is 2.17. The van der Waals surface area contributed by atoms with Gasteiger partial charge in [0.15, 0.2) is 5.69 Å². The molecule has 0 fully saturated rings. The van der Waals surface area contributed by atoms with Gasteiger partial charge >= 0.3 is 5.56 Å². The number of aryl methyl sites for hydroxylation is 2. The van der Waals surface area contributed by atoms with Gasteiger partial charge in [0.1, 0.15) is 0 Å². The number of azo groups is 1. The standard InChI is InChI=1S/C12H14N6OS/c1-7-3-5-9(6-4-7)15-16-10-8(2)17-18(11(10)19)12(20)14-13/h3-6,17H,13H2,1-2H3,(H,14,20). The van der Waals surface area contributed by atoms with Gasteiger partial charge in [-0.05, 0) is 38.2 Å². The van der Waals surface area contributed by atoms with Crippen molar-refractivity contribution in [3.8, 4) is 0 Å². The van der Waals surface area contributed by atoms with Crippen LogP contribution in [0.2, 0.25) is 0 Å². The number of aromatic amines is 1. The van der Waals surface area contributed by atoms with Crippen LogP contribution in [0.4, 0.5) is 11.4 Å². The second kappa shape index (κ2) is 5.76. The van der Waals surface area contributed by atoms with Gasteiger partial charge < -0.3 is 0 Å². The molecule has 2 rings (SSSR count). The molecule has 7 nitrogen and oxygen atoms in total. The maximum Gasteiger partial charge on any atom is 0.301 e. The topological polar surface area (TPSA) is 101 Å². The molecule has 2 aromatic rings. The molecule has 0 spiro atoms. The van der Waals surface area contributed by atoms with E-state index in [1.165, 1.54) is 0 Å². The lowest BCUT2D eigenvalue weighted by atomic mass is 10.2. The van der Waals surface area contributed by atoms with Crippen molar-refractivity contribution < 1.29 is 0 Å². The van der Waals surface area contributed by atoms with Crippen LogP contribution in [0.15, 0.2) is 39.3 Å². The highest BCUT2D eigenvalue weighted by molar-refractivity contribution is 7.80. The fourth-order valence-corrected chi connectivity index (χ4v) is 1.71. The minimum absolute atomic E-state index is 0.0647. The largest absolute Gasteiger partial charge is 0.301 e. The molecule has 1 heterocycles. The van der Waals surface area contributed by atoms with Crippen LogP contribution in [0.5, 0.6) is 0 Å². The van der Waals surface area contributed by atoms with Crippen molar-refractivity contribution in [2.45, 2.75) is 13.8 Å². The second-order valence-corrected chi connectivity index (χ2v) is 4.60. The summed E-state index contributed by atoms with van der Waals surface area (Å²) in [4.78, 5) is 12.1. The molecule has 0 aliphatic carbocycles. The van der Waals surface area contributed by atoms with E-state index in [0.717, 1.165) is 10.2 Å². The average molecular weight is 290 g/mol. The predicted octanol–water partition coefficient (Wildman–Crippen LogP) is 1.80. The van der Waals surface area contributed by atoms with Crippen LogP contribution in [0, 0.1) is 13.8 Å². The summed E-state index contributed by atoms with van der Waals surface area (Å²) >= 11 is 4.90. The molecule has 0 atom stereocenters. The van der Waals surface area contributed by atoms with E-state index in [1.807, 2.05) is 31.2 Å². The Balaban J connectivity index is 2.34. The summed E-state index contributed by atoms with van der Waals surface area (Å²) in [6.45, 7) is 3.69. The normalized spacial score (nSPS) is 10.9. The monoisotopic (exact) mass is 290 g/mol. The van der Waals surface area contributed by atoms with Crippen LogP contribution in [-0.2, 0) is 0 Å². The first kappa shape index (κ1) is 14.1. The summed E-state index contributed by atoms with van der Waals surface area (Å²) in [7, 11) is 0. The first-order valence-corrected chi connectivity index (χ1v) is 6.24. The molecule has 0 aliphatic rings.